The van der Waals surface area contributed by atoms with Crippen molar-refractivity contribution in [1.82, 2.24) is 0 Å². The monoisotopic (exact) mass is 273 g/mol. The highest BCUT2D eigenvalue weighted by Crippen LogP contribution is 2.35. The van der Waals surface area contributed by atoms with Crippen LogP contribution in [0, 0.1) is 6.92 Å². The van der Waals surface area contributed by atoms with E-state index in [1.807, 2.05) is 0 Å². The molecule has 1 heterocycles. The Morgan fingerprint density at radius 3 is 2.79 bits per heavy atom. The van der Waals surface area contributed by atoms with E-state index in [1.165, 1.54) is 29.7 Å². The van der Waals surface area contributed by atoms with Gasteiger partial charge in [-0.15, -0.1) is 0 Å². The Labute approximate surface area is 118 Å². The fourth-order valence-corrected chi connectivity index (χ4v) is 3.16. The summed E-state index contributed by atoms with van der Waals surface area (Å²) in [6.45, 7) is 3.14. The predicted molar refractivity (Wildman–Crippen MR) is 80.6 cm³/mol. The number of hydrogen-bond donors (Lipinski definition) is 1. The van der Waals surface area contributed by atoms with Crippen LogP contribution in [0.15, 0.2) is 35.0 Å². The van der Waals surface area contributed by atoms with Gasteiger partial charge in [-0.2, -0.15) is 11.3 Å². The fourth-order valence-electron chi connectivity index (χ4n) is 2.50. The van der Waals surface area contributed by atoms with Crippen molar-refractivity contribution >= 4 is 17.0 Å². The second-order valence-corrected chi connectivity index (χ2v) is 6.06. The van der Waals surface area contributed by atoms with Crippen LogP contribution in [0.4, 0.5) is 5.69 Å². The molecule has 0 amide bonds. The van der Waals surface area contributed by atoms with Gasteiger partial charge in [0.1, 0.15) is 0 Å². The largest absolute Gasteiger partial charge is 0.392 e. The Balaban J connectivity index is 1.91. The molecule has 0 aliphatic heterocycles. The summed E-state index contributed by atoms with van der Waals surface area (Å²) in [4.78, 5) is 2.45. The van der Waals surface area contributed by atoms with Crippen LogP contribution in [0.3, 0.4) is 0 Å². The quantitative estimate of drug-likeness (QED) is 0.897. The summed E-state index contributed by atoms with van der Waals surface area (Å²) in [5, 5.41) is 13.9. The molecule has 1 aromatic heterocycles. The van der Waals surface area contributed by atoms with Gasteiger partial charge in [0, 0.05) is 23.8 Å². The summed E-state index contributed by atoms with van der Waals surface area (Å²) < 4.78 is 0. The third-order valence-electron chi connectivity index (χ3n) is 3.64. The zero-order chi connectivity index (χ0) is 13.2. The second kappa shape index (κ2) is 5.35. The van der Waals surface area contributed by atoms with Gasteiger partial charge in [-0.1, -0.05) is 17.7 Å². The first-order valence-corrected chi connectivity index (χ1v) is 7.70. The minimum Gasteiger partial charge on any atom is -0.392 e. The zero-order valence-electron chi connectivity index (χ0n) is 11.2. The van der Waals surface area contributed by atoms with Crippen LogP contribution < -0.4 is 4.90 Å². The third-order valence-corrected chi connectivity index (χ3v) is 4.37. The minimum absolute atomic E-state index is 0.115. The lowest BCUT2D eigenvalue weighted by atomic mass is 10.1. The molecule has 1 saturated carbocycles. The lowest BCUT2D eigenvalue weighted by Gasteiger charge is -2.27. The van der Waals surface area contributed by atoms with E-state index in [4.69, 9.17) is 0 Å². The topological polar surface area (TPSA) is 23.5 Å². The van der Waals surface area contributed by atoms with E-state index in [1.54, 1.807) is 11.3 Å². The maximum absolute atomic E-state index is 9.60. The van der Waals surface area contributed by atoms with E-state index in [2.05, 4.69) is 46.8 Å². The molecule has 0 saturated heterocycles. The highest BCUT2D eigenvalue weighted by molar-refractivity contribution is 7.07. The van der Waals surface area contributed by atoms with Crippen molar-refractivity contribution in [2.45, 2.75) is 39.0 Å². The van der Waals surface area contributed by atoms with Crippen molar-refractivity contribution in [2.24, 2.45) is 0 Å². The molecule has 3 heteroatoms. The third kappa shape index (κ3) is 2.82. The molecule has 2 nitrogen and oxygen atoms in total. The van der Waals surface area contributed by atoms with Gasteiger partial charge in [0.25, 0.3) is 0 Å². The number of nitrogens with zero attached hydrogens (tertiary/aromatic N) is 1. The molecule has 1 aliphatic rings. The van der Waals surface area contributed by atoms with E-state index in [-0.39, 0.29) is 6.61 Å². The number of hydrogen-bond acceptors (Lipinski definition) is 3. The van der Waals surface area contributed by atoms with Gasteiger partial charge in [0.15, 0.2) is 0 Å². The number of aryl methyl sites for hydroxylation is 1. The lowest BCUT2D eigenvalue weighted by molar-refractivity contribution is 0.282. The summed E-state index contributed by atoms with van der Waals surface area (Å²) in [6.07, 6.45) is 2.53. The van der Waals surface area contributed by atoms with Crippen molar-refractivity contribution < 1.29 is 5.11 Å². The van der Waals surface area contributed by atoms with Crippen LogP contribution in [0.2, 0.25) is 0 Å². The maximum Gasteiger partial charge on any atom is 0.0702 e. The SMILES string of the molecule is Cc1ccc(N(Cc2ccsc2)C2CC2)c(CO)c1. The minimum atomic E-state index is 0.115. The Hall–Kier alpha value is -1.32. The van der Waals surface area contributed by atoms with Gasteiger partial charge in [-0.25, -0.2) is 0 Å². The Morgan fingerprint density at radius 2 is 2.16 bits per heavy atom. The Kier molecular flexibility index (Phi) is 3.58. The highest BCUT2D eigenvalue weighted by atomic mass is 32.1. The van der Waals surface area contributed by atoms with Gasteiger partial charge >= 0.3 is 0 Å². The van der Waals surface area contributed by atoms with Crippen LogP contribution in [0.25, 0.3) is 0 Å². The molecule has 0 bridgehead atoms. The molecule has 0 radical (unpaired) electrons. The first-order valence-electron chi connectivity index (χ1n) is 6.76. The molecular weight excluding hydrogens is 254 g/mol. The molecule has 100 valence electrons. The molecule has 1 aromatic carbocycles. The first kappa shape index (κ1) is 12.7. The summed E-state index contributed by atoms with van der Waals surface area (Å²) in [5.41, 5.74) is 4.81. The van der Waals surface area contributed by atoms with Crippen LogP contribution in [0.5, 0.6) is 0 Å². The smallest absolute Gasteiger partial charge is 0.0702 e. The Morgan fingerprint density at radius 1 is 1.32 bits per heavy atom. The van der Waals surface area contributed by atoms with Gasteiger partial charge in [0.2, 0.25) is 0 Å². The summed E-state index contributed by atoms with van der Waals surface area (Å²) >= 11 is 1.75. The number of benzene rings is 1. The lowest BCUT2D eigenvalue weighted by Crippen LogP contribution is -2.26. The predicted octanol–water partition coefficient (Wildman–Crippen LogP) is 3.72. The molecule has 0 unspecified atom stereocenters. The van der Waals surface area contributed by atoms with Gasteiger partial charge in [-0.05, 0) is 48.2 Å². The van der Waals surface area contributed by atoms with E-state index >= 15 is 0 Å². The van der Waals surface area contributed by atoms with Gasteiger partial charge < -0.3 is 10.0 Å². The van der Waals surface area contributed by atoms with Crippen LogP contribution >= 0.6 is 11.3 Å². The zero-order valence-corrected chi connectivity index (χ0v) is 12.0. The average Bonchev–Trinajstić information content (AvgIpc) is 3.13. The molecule has 1 N–H and O–H groups in total. The van der Waals surface area contributed by atoms with Crippen molar-refractivity contribution in [3.05, 3.63) is 51.7 Å². The molecular formula is C16H19NOS. The van der Waals surface area contributed by atoms with Crippen molar-refractivity contribution in [2.75, 3.05) is 4.90 Å². The van der Waals surface area contributed by atoms with Crippen LogP contribution in [0.1, 0.15) is 29.5 Å². The van der Waals surface area contributed by atoms with Crippen molar-refractivity contribution in [3.63, 3.8) is 0 Å². The normalized spacial score (nSPS) is 14.6. The van der Waals surface area contributed by atoms with E-state index in [0.717, 1.165) is 12.1 Å². The average molecular weight is 273 g/mol. The summed E-state index contributed by atoms with van der Waals surface area (Å²) in [6, 6.07) is 9.22. The standard InChI is InChI=1S/C16H19NOS/c1-12-2-5-16(14(8-12)10-18)17(15-3-4-15)9-13-6-7-19-11-13/h2,5-8,11,15,18H,3-4,9-10H2,1H3. The highest BCUT2D eigenvalue weighted by Gasteiger charge is 2.30. The van der Waals surface area contributed by atoms with Crippen molar-refractivity contribution in [3.8, 4) is 0 Å². The van der Waals surface area contributed by atoms with E-state index in [0.29, 0.717) is 6.04 Å². The number of anilines is 1. The molecule has 3 rings (SSSR count). The van der Waals surface area contributed by atoms with Gasteiger partial charge in [0.05, 0.1) is 6.61 Å². The molecule has 0 atom stereocenters. The molecule has 19 heavy (non-hydrogen) atoms. The van der Waals surface area contributed by atoms with Crippen molar-refractivity contribution in [1.29, 1.82) is 0 Å². The van der Waals surface area contributed by atoms with E-state index < -0.39 is 0 Å². The van der Waals surface area contributed by atoms with Crippen LogP contribution in [-0.4, -0.2) is 11.1 Å². The Bertz CT molecular complexity index is 546. The van der Waals surface area contributed by atoms with Gasteiger partial charge in [-0.3, -0.25) is 0 Å². The summed E-state index contributed by atoms with van der Waals surface area (Å²) in [7, 11) is 0. The second-order valence-electron chi connectivity index (χ2n) is 5.28. The number of thiophene rings is 1. The number of aliphatic hydroxyl groups is 1. The molecule has 2 aromatic rings. The molecule has 1 aliphatic carbocycles. The fraction of sp³-hybridized carbons (Fsp3) is 0.375. The van der Waals surface area contributed by atoms with E-state index in [9.17, 15) is 5.11 Å². The summed E-state index contributed by atoms with van der Waals surface area (Å²) in [5.74, 6) is 0. The molecule has 0 spiro atoms. The first-order chi connectivity index (χ1) is 9.28. The molecule has 1 fully saturated rings. The van der Waals surface area contributed by atoms with Crippen LogP contribution in [-0.2, 0) is 13.2 Å². The number of rotatable bonds is 5. The number of aliphatic hydroxyl groups excluding tert-OH is 1. The maximum atomic E-state index is 9.60.